The van der Waals surface area contributed by atoms with Crippen molar-refractivity contribution in [2.75, 3.05) is 49.7 Å². The first-order valence-electron chi connectivity index (χ1n) is 10.5. The number of nitrogens with zero attached hydrogens (tertiary/aromatic N) is 4. The number of anilines is 2. The zero-order valence-corrected chi connectivity index (χ0v) is 18.4. The molecule has 2 saturated heterocycles. The maximum Gasteiger partial charge on any atom is 0.414 e. The summed E-state index contributed by atoms with van der Waals surface area (Å²) in [4.78, 5) is 35.4. The first-order chi connectivity index (χ1) is 14.9. The van der Waals surface area contributed by atoms with E-state index in [1.54, 1.807) is 23.1 Å². The molecule has 0 radical (unpaired) electrons. The molecule has 1 atom stereocenters. The zero-order chi connectivity index (χ0) is 22.1. The van der Waals surface area contributed by atoms with E-state index < -0.39 is 6.09 Å². The molecule has 164 valence electrons. The van der Waals surface area contributed by atoms with Gasteiger partial charge in [-0.25, -0.2) is 9.78 Å². The van der Waals surface area contributed by atoms with Crippen molar-refractivity contribution in [2.24, 2.45) is 0 Å². The Kier molecular flexibility index (Phi) is 5.71. The Balaban J connectivity index is 1.47. The molecule has 3 heterocycles. The Morgan fingerprint density at radius 3 is 2.52 bits per heavy atom. The number of hydrogen-bond donors (Lipinski definition) is 0. The largest absolute Gasteiger partial charge is 0.495 e. The summed E-state index contributed by atoms with van der Waals surface area (Å²) in [5, 5.41) is 0. The number of methoxy groups -OCH3 is 1. The van der Waals surface area contributed by atoms with Crippen molar-refractivity contribution in [3.63, 3.8) is 0 Å². The number of carbonyl (C=O) groups is 2. The molecule has 0 saturated carbocycles. The predicted molar refractivity (Wildman–Crippen MR) is 118 cm³/mol. The number of aryl methyl sites for hydroxylation is 2. The minimum absolute atomic E-state index is 0.0462. The Labute approximate surface area is 182 Å². The van der Waals surface area contributed by atoms with Crippen molar-refractivity contribution in [1.29, 1.82) is 0 Å². The fourth-order valence-electron chi connectivity index (χ4n) is 4.20. The van der Waals surface area contributed by atoms with Crippen LogP contribution < -0.4 is 14.5 Å². The van der Waals surface area contributed by atoms with E-state index in [1.807, 2.05) is 24.9 Å². The Morgan fingerprint density at radius 2 is 1.90 bits per heavy atom. The monoisotopic (exact) mass is 424 g/mol. The first kappa shape index (κ1) is 21.0. The standard InChI is InChI=1S/C23H28N4O4/c1-15-11-16(2)21(24-13-15)25-7-9-26(10-8-25)22(28)18-5-6-19(20(12-18)30-4)27-17(3)14-31-23(27)29/h5-6,11-13,17H,7-10,14H2,1-4H3/t17-/m1/s1. The average molecular weight is 425 g/mol. The fraction of sp³-hybridized carbons (Fsp3) is 0.435. The second kappa shape index (κ2) is 8.45. The Bertz CT molecular complexity index is 1000. The Hall–Kier alpha value is -3.29. The van der Waals surface area contributed by atoms with Crippen LogP contribution in [0.15, 0.2) is 30.5 Å². The van der Waals surface area contributed by atoms with Gasteiger partial charge in [-0.1, -0.05) is 6.07 Å². The van der Waals surface area contributed by atoms with Gasteiger partial charge in [0.25, 0.3) is 5.91 Å². The minimum atomic E-state index is -0.402. The summed E-state index contributed by atoms with van der Waals surface area (Å²) in [7, 11) is 1.54. The van der Waals surface area contributed by atoms with Crippen molar-refractivity contribution in [1.82, 2.24) is 9.88 Å². The summed E-state index contributed by atoms with van der Waals surface area (Å²) >= 11 is 0. The van der Waals surface area contributed by atoms with Crippen LogP contribution in [0.1, 0.15) is 28.4 Å². The highest BCUT2D eigenvalue weighted by Gasteiger charge is 2.33. The van der Waals surface area contributed by atoms with E-state index in [2.05, 4.69) is 22.9 Å². The zero-order valence-electron chi connectivity index (χ0n) is 18.4. The van der Waals surface area contributed by atoms with Crippen molar-refractivity contribution in [3.05, 3.63) is 47.2 Å². The second-order valence-corrected chi connectivity index (χ2v) is 8.11. The van der Waals surface area contributed by atoms with Gasteiger partial charge >= 0.3 is 6.09 Å². The highest BCUT2D eigenvalue weighted by atomic mass is 16.6. The molecule has 0 spiro atoms. The van der Waals surface area contributed by atoms with E-state index >= 15 is 0 Å². The number of carbonyl (C=O) groups excluding carboxylic acids is 2. The molecule has 2 amide bonds. The van der Waals surface area contributed by atoms with E-state index in [1.165, 1.54) is 7.11 Å². The lowest BCUT2D eigenvalue weighted by molar-refractivity contribution is 0.0746. The predicted octanol–water partition coefficient (Wildman–Crippen LogP) is 3.01. The van der Waals surface area contributed by atoms with Crippen LogP contribution in [0, 0.1) is 13.8 Å². The molecule has 2 fully saturated rings. The van der Waals surface area contributed by atoms with Crippen LogP contribution in [0.4, 0.5) is 16.3 Å². The van der Waals surface area contributed by atoms with Gasteiger partial charge in [-0.3, -0.25) is 9.69 Å². The quantitative estimate of drug-likeness (QED) is 0.751. The van der Waals surface area contributed by atoms with Crippen molar-refractivity contribution < 1.29 is 19.1 Å². The van der Waals surface area contributed by atoms with Crippen LogP contribution >= 0.6 is 0 Å². The molecule has 2 aliphatic rings. The lowest BCUT2D eigenvalue weighted by Crippen LogP contribution is -2.49. The molecule has 8 heteroatoms. The van der Waals surface area contributed by atoms with Crippen LogP contribution in [0.25, 0.3) is 0 Å². The number of benzene rings is 1. The molecule has 0 unspecified atom stereocenters. The highest BCUT2D eigenvalue weighted by molar-refractivity contribution is 5.97. The van der Waals surface area contributed by atoms with Crippen molar-refractivity contribution in [2.45, 2.75) is 26.8 Å². The van der Waals surface area contributed by atoms with E-state index in [9.17, 15) is 9.59 Å². The molecular formula is C23H28N4O4. The average Bonchev–Trinajstić information content (AvgIpc) is 3.11. The summed E-state index contributed by atoms with van der Waals surface area (Å²) in [6.07, 6.45) is 1.48. The third-order valence-corrected chi connectivity index (χ3v) is 5.83. The van der Waals surface area contributed by atoms with Gasteiger partial charge in [0.15, 0.2) is 0 Å². The number of rotatable bonds is 4. The number of pyridine rings is 1. The van der Waals surface area contributed by atoms with Crippen molar-refractivity contribution >= 4 is 23.5 Å². The number of cyclic esters (lactones) is 1. The maximum absolute atomic E-state index is 13.1. The summed E-state index contributed by atoms with van der Waals surface area (Å²) < 4.78 is 10.6. The molecule has 0 N–H and O–H groups in total. The molecule has 0 aliphatic carbocycles. The molecule has 0 bridgehead atoms. The lowest BCUT2D eigenvalue weighted by Gasteiger charge is -2.36. The summed E-state index contributed by atoms with van der Waals surface area (Å²) in [6, 6.07) is 7.25. The number of ether oxygens (including phenoxy) is 2. The molecule has 31 heavy (non-hydrogen) atoms. The summed E-state index contributed by atoms with van der Waals surface area (Å²) in [5.41, 5.74) is 3.44. The smallest absolute Gasteiger partial charge is 0.414 e. The third-order valence-electron chi connectivity index (χ3n) is 5.83. The molecule has 1 aromatic heterocycles. The third kappa shape index (κ3) is 4.02. The van der Waals surface area contributed by atoms with Crippen molar-refractivity contribution in [3.8, 4) is 5.75 Å². The van der Waals surface area contributed by atoms with Gasteiger partial charge in [0.2, 0.25) is 0 Å². The molecule has 8 nitrogen and oxygen atoms in total. The van der Waals surface area contributed by atoms with Gasteiger partial charge in [-0.15, -0.1) is 0 Å². The minimum Gasteiger partial charge on any atom is -0.495 e. The van der Waals surface area contributed by atoms with Gasteiger partial charge in [-0.2, -0.15) is 0 Å². The molecule has 2 aromatic rings. The van der Waals surface area contributed by atoms with Crippen LogP contribution in [0.2, 0.25) is 0 Å². The summed E-state index contributed by atoms with van der Waals surface area (Å²) in [6.45, 7) is 9.05. The normalized spacial score (nSPS) is 18.9. The van der Waals surface area contributed by atoms with Gasteiger partial charge < -0.3 is 19.3 Å². The van der Waals surface area contributed by atoms with E-state index in [0.717, 1.165) is 30.0 Å². The summed E-state index contributed by atoms with van der Waals surface area (Å²) in [5.74, 6) is 1.42. The fourth-order valence-corrected chi connectivity index (χ4v) is 4.20. The van der Waals surface area contributed by atoms with Gasteiger partial charge in [0, 0.05) is 37.9 Å². The Morgan fingerprint density at radius 1 is 1.16 bits per heavy atom. The van der Waals surface area contributed by atoms with E-state index in [4.69, 9.17) is 9.47 Å². The number of amides is 2. The molecule has 1 aromatic carbocycles. The van der Waals surface area contributed by atoms with Crippen LogP contribution in [0.3, 0.4) is 0 Å². The number of piperazine rings is 1. The lowest BCUT2D eigenvalue weighted by atomic mass is 10.1. The number of hydrogen-bond acceptors (Lipinski definition) is 6. The highest BCUT2D eigenvalue weighted by Crippen LogP contribution is 2.34. The topological polar surface area (TPSA) is 75.2 Å². The number of aromatic nitrogens is 1. The van der Waals surface area contributed by atoms with Gasteiger partial charge in [0.1, 0.15) is 18.2 Å². The molecule has 2 aliphatic heterocycles. The first-order valence-corrected chi connectivity index (χ1v) is 10.5. The van der Waals surface area contributed by atoms with Crippen LogP contribution in [-0.4, -0.2) is 67.8 Å². The second-order valence-electron chi connectivity index (χ2n) is 8.11. The molecular weight excluding hydrogens is 396 g/mol. The van der Waals surface area contributed by atoms with Crippen LogP contribution in [0.5, 0.6) is 5.75 Å². The van der Waals surface area contributed by atoms with Gasteiger partial charge in [-0.05, 0) is 50.1 Å². The van der Waals surface area contributed by atoms with E-state index in [-0.39, 0.29) is 11.9 Å². The molecule has 4 rings (SSSR count). The van der Waals surface area contributed by atoms with E-state index in [0.29, 0.717) is 36.7 Å². The van der Waals surface area contributed by atoms with Gasteiger partial charge in [0.05, 0.1) is 18.8 Å². The SMILES string of the molecule is COc1cc(C(=O)N2CCN(c3ncc(C)cc3C)CC2)ccc1N1C(=O)OC[C@H]1C. The maximum atomic E-state index is 13.1. The van der Waals surface area contributed by atoms with Crippen LogP contribution in [-0.2, 0) is 4.74 Å².